The number of nitrogens with zero attached hydrogens (tertiary/aromatic N) is 2. The first-order chi connectivity index (χ1) is 17.5. The van der Waals surface area contributed by atoms with Crippen LogP contribution >= 0.6 is 11.8 Å². The first kappa shape index (κ1) is 25.8. The molecule has 184 valence electrons. The van der Waals surface area contributed by atoms with Gasteiger partial charge in [-0.05, 0) is 78.2 Å². The third-order valence-corrected chi connectivity index (χ3v) is 7.68. The molecule has 0 N–H and O–H groups in total. The van der Waals surface area contributed by atoms with E-state index in [1.807, 2.05) is 0 Å². The first-order valence-electron chi connectivity index (χ1n) is 12.7. The number of rotatable bonds is 9. The van der Waals surface area contributed by atoms with Crippen molar-refractivity contribution in [3.05, 3.63) is 131 Å². The maximum atomic E-state index is 4.41. The van der Waals surface area contributed by atoms with Gasteiger partial charge in [0.2, 0.25) is 0 Å². The van der Waals surface area contributed by atoms with Crippen molar-refractivity contribution >= 4 is 28.6 Å². The third kappa shape index (κ3) is 6.29. The summed E-state index contributed by atoms with van der Waals surface area (Å²) < 4.78 is 0. The molecule has 3 heteroatoms. The number of benzene rings is 3. The molecule has 0 unspecified atom stereocenters. The molecule has 1 heterocycles. The summed E-state index contributed by atoms with van der Waals surface area (Å²) >= 11 is 1.73. The summed E-state index contributed by atoms with van der Waals surface area (Å²) in [7, 11) is 2.10. The number of thioether (sulfide) groups is 1. The Labute approximate surface area is 221 Å². The van der Waals surface area contributed by atoms with Crippen molar-refractivity contribution < 1.29 is 0 Å². The predicted molar refractivity (Wildman–Crippen MR) is 159 cm³/mol. The van der Waals surface area contributed by atoms with Gasteiger partial charge in [-0.2, -0.15) is 0 Å². The summed E-state index contributed by atoms with van der Waals surface area (Å²) in [6.45, 7) is 14.1. The molecule has 3 aromatic carbocycles. The Morgan fingerprint density at radius 2 is 1.64 bits per heavy atom. The molecule has 1 aliphatic heterocycles. The topological polar surface area (TPSA) is 6.48 Å². The number of hydrogen-bond donors (Lipinski definition) is 0. The maximum absolute atomic E-state index is 4.41. The van der Waals surface area contributed by atoms with Crippen molar-refractivity contribution in [1.82, 2.24) is 4.90 Å². The van der Waals surface area contributed by atoms with E-state index >= 15 is 0 Å². The minimum atomic E-state index is 0.978. The molecule has 36 heavy (non-hydrogen) atoms. The molecule has 0 saturated heterocycles. The molecule has 4 rings (SSSR count). The van der Waals surface area contributed by atoms with Crippen molar-refractivity contribution in [3.63, 3.8) is 0 Å². The maximum Gasteiger partial charge on any atom is 0.0483 e. The van der Waals surface area contributed by atoms with Gasteiger partial charge in [0.25, 0.3) is 0 Å². The predicted octanol–water partition coefficient (Wildman–Crippen LogP) is 8.57. The zero-order valence-electron chi connectivity index (χ0n) is 21.9. The highest BCUT2D eigenvalue weighted by Crippen LogP contribution is 2.36. The molecule has 0 atom stereocenters. The minimum absolute atomic E-state index is 0.978. The number of allylic oxidation sites excluding steroid dienone is 5. The van der Waals surface area contributed by atoms with Crippen LogP contribution in [0.25, 0.3) is 11.1 Å². The van der Waals surface area contributed by atoms with E-state index < -0.39 is 0 Å². The third-order valence-electron chi connectivity index (χ3n) is 6.62. The van der Waals surface area contributed by atoms with Gasteiger partial charge in [0.1, 0.15) is 0 Å². The van der Waals surface area contributed by atoms with Crippen LogP contribution in [0.5, 0.6) is 0 Å². The van der Waals surface area contributed by atoms with Crippen molar-refractivity contribution in [2.75, 3.05) is 25.0 Å². The Morgan fingerprint density at radius 3 is 2.36 bits per heavy atom. The molecule has 0 saturated carbocycles. The van der Waals surface area contributed by atoms with Crippen LogP contribution in [0, 0.1) is 6.92 Å². The van der Waals surface area contributed by atoms with Crippen LogP contribution in [0.3, 0.4) is 0 Å². The highest BCUT2D eigenvalue weighted by atomic mass is 32.2. The molecule has 0 radical (unpaired) electrons. The molecule has 3 aromatic rings. The molecule has 0 bridgehead atoms. The zero-order valence-corrected chi connectivity index (χ0v) is 22.7. The van der Waals surface area contributed by atoms with Gasteiger partial charge < -0.3 is 4.90 Å². The molecular formula is C33H36N2S. The van der Waals surface area contributed by atoms with Gasteiger partial charge in [-0.3, -0.25) is 4.90 Å². The lowest BCUT2D eigenvalue weighted by Gasteiger charge is -2.24. The van der Waals surface area contributed by atoms with E-state index in [0.717, 1.165) is 30.1 Å². The summed E-state index contributed by atoms with van der Waals surface area (Å²) in [5.41, 5.74) is 8.63. The van der Waals surface area contributed by atoms with E-state index in [4.69, 9.17) is 0 Å². The molecule has 2 nitrogen and oxygen atoms in total. The SMILES string of the molecule is C=C(/C=C(/C=C1\C=CN(C)c2ccccc21)c1ccc(CN(CC)CC)cc1)Sc1ccccc1C. The van der Waals surface area contributed by atoms with Gasteiger partial charge in [0.05, 0.1) is 0 Å². The Hall–Kier alpha value is -3.27. The van der Waals surface area contributed by atoms with E-state index in [2.05, 4.69) is 141 Å². The Bertz CT molecular complexity index is 1290. The van der Waals surface area contributed by atoms with E-state index in [0.29, 0.717) is 0 Å². The zero-order chi connectivity index (χ0) is 25.5. The quantitative estimate of drug-likeness (QED) is 0.218. The number of anilines is 1. The number of hydrogen-bond acceptors (Lipinski definition) is 3. The lowest BCUT2D eigenvalue weighted by molar-refractivity contribution is 0.296. The van der Waals surface area contributed by atoms with Crippen molar-refractivity contribution in [1.29, 1.82) is 0 Å². The van der Waals surface area contributed by atoms with Crippen molar-refractivity contribution in [2.45, 2.75) is 32.2 Å². The normalized spacial score (nSPS) is 14.4. The van der Waals surface area contributed by atoms with Crippen LogP contribution in [0.15, 0.2) is 114 Å². The Kier molecular flexibility index (Phi) is 8.69. The van der Waals surface area contributed by atoms with E-state index in [1.54, 1.807) is 11.8 Å². The van der Waals surface area contributed by atoms with Gasteiger partial charge in [-0.15, -0.1) is 0 Å². The fourth-order valence-electron chi connectivity index (χ4n) is 4.41. The Morgan fingerprint density at radius 1 is 0.944 bits per heavy atom. The highest BCUT2D eigenvalue weighted by molar-refractivity contribution is 8.03. The van der Waals surface area contributed by atoms with Crippen LogP contribution in [-0.2, 0) is 6.54 Å². The summed E-state index contributed by atoms with van der Waals surface area (Å²) in [6.07, 6.45) is 8.85. The van der Waals surface area contributed by atoms with Crippen LogP contribution < -0.4 is 4.90 Å². The highest BCUT2D eigenvalue weighted by Gasteiger charge is 2.14. The molecule has 0 fully saturated rings. The average Bonchev–Trinajstić information content (AvgIpc) is 2.90. The second-order valence-electron chi connectivity index (χ2n) is 9.14. The molecule has 0 aliphatic carbocycles. The molecule has 1 aliphatic rings. The van der Waals surface area contributed by atoms with Crippen molar-refractivity contribution in [2.24, 2.45) is 0 Å². The molecule has 0 aromatic heterocycles. The fourth-order valence-corrected chi connectivity index (χ4v) is 5.26. The summed E-state index contributed by atoms with van der Waals surface area (Å²) in [5, 5.41) is 0. The Balaban J connectivity index is 1.71. The summed E-state index contributed by atoms with van der Waals surface area (Å²) in [4.78, 5) is 6.87. The average molecular weight is 493 g/mol. The minimum Gasteiger partial charge on any atom is -0.351 e. The summed E-state index contributed by atoms with van der Waals surface area (Å²) in [5.74, 6) is 0. The monoisotopic (exact) mass is 492 g/mol. The van der Waals surface area contributed by atoms with Crippen LogP contribution in [0.2, 0.25) is 0 Å². The summed E-state index contributed by atoms with van der Waals surface area (Å²) in [6, 6.07) is 26.1. The van der Waals surface area contributed by atoms with E-state index in [-0.39, 0.29) is 0 Å². The largest absolute Gasteiger partial charge is 0.351 e. The van der Waals surface area contributed by atoms with E-state index in [9.17, 15) is 0 Å². The lowest BCUT2D eigenvalue weighted by atomic mass is 9.95. The second kappa shape index (κ2) is 12.1. The van der Waals surface area contributed by atoms with Gasteiger partial charge in [-0.25, -0.2) is 0 Å². The lowest BCUT2D eigenvalue weighted by Crippen LogP contribution is -2.21. The standard InChI is InChI=1S/C33H36N2S/c1-6-35(7-2)24-27-16-18-28(19-17-27)30(22-26(4)36-33-15-11-8-12-25(33)3)23-29-20-21-34(5)32-14-10-9-13-31(29)32/h8-23H,4,6-7,24H2,1-3,5H3/b29-23+,30-22-. The van der Waals surface area contributed by atoms with Crippen LogP contribution in [0.1, 0.15) is 36.1 Å². The fraction of sp³-hybridized carbons (Fsp3) is 0.212. The van der Waals surface area contributed by atoms with Gasteiger partial charge in [-0.1, -0.05) is 92.9 Å². The van der Waals surface area contributed by atoms with Gasteiger partial charge in [0, 0.05) is 40.8 Å². The van der Waals surface area contributed by atoms with Crippen molar-refractivity contribution in [3.8, 4) is 0 Å². The smallest absolute Gasteiger partial charge is 0.0483 e. The number of para-hydroxylation sites is 1. The molecule has 0 amide bonds. The van der Waals surface area contributed by atoms with Gasteiger partial charge in [0.15, 0.2) is 0 Å². The van der Waals surface area contributed by atoms with Crippen LogP contribution in [-0.4, -0.2) is 25.0 Å². The first-order valence-corrected chi connectivity index (χ1v) is 13.5. The molecule has 0 spiro atoms. The second-order valence-corrected chi connectivity index (χ2v) is 10.3. The number of aryl methyl sites for hydroxylation is 1. The van der Waals surface area contributed by atoms with E-state index in [1.165, 1.54) is 38.4 Å². The van der Waals surface area contributed by atoms with Gasteiger partial charge >= 0.3 is 0 Å². The molecular weight excluding hydrogens is 456 g/mol. The number of fused-ring (bicyclic) bond motifs is 1. The van der Waals surface area contributed by atoms with Crippen LogP contribution in [0.4, 0.5) is 5.69 Å².